The molecular weight excluding hydrogens is 226 g/mol. The Bertz CT molecular complexity index is 366. The molecule has 1 aliphatic rings. The number of nitrogens with zero attached hydrogens (tertiary/aromatic N) is 1. The van der Waals surface area contributed by atoms with Crippen molar-refractivity contribution in [2.24, 2.45) is 4.99 Å². The Morgan fingerprint density at radius 2 is 2.15 bits per heavy atom. The third-order valence-electron chi connectivity index (χ3n) is 2.46. The van der Waals surface area contributed by atoms with Crippen molar-refractivity contribution in [1.82, 2.24) is 0 Å². The summed E-state index contributed by atoms with van der Waals surface area (Å²) in [6.45, 7) is 5.36. The van der Waals surface area contributed by atoms with Crippen LogP contribution in [0.15, 0.2) is 27.7 Å². The average Bonchev–Trinajstić information content (AvgIpc) is 2.02. The van der Waals surface area contributed by atoms with Crippen LogP contribution in [0.1, 0.15) is 25.0 Å². The quantitative estimate of drug-likeness (QED) is 0.658. The zero-order valence-electron chi connectivity index (χ0n) is 7.84. The zero-order chi connectivity index (χ0) is 9.47. The topological polar surface area (TPSA) is 12.4 Å². The molecule has 0 unspecified atom stereocenters. The third kappa shape index (κ3) is 1.55. The van der Waals surface area contributed by atoms with Gasteiger partial charge in [-0.1, -0.05) is 35.8 Å². The first-order chi connectivity index (χ1) is 6.09. The molecule has 1 nitrogen and oxygen atoms in total. The van der Waals surface area contributed by atoms with E-state index in [0.29, 0.717) is 0 Å². The Morgan fingerprint density at radius 1 is 1.38 bits per heavy atom. The van der Waals surface area contributed by atoms with Crippen LogP contribution in [0.5, 0.6) is 0 Å². The van der Waals surface area contributed by atoms with Crippen molar-refractivity contribution in [3.63, 3.8) is 0 Å². The largest absolute Gasteiger partial charge is 0.292 e. The van der Waals surface area contributed by atoms with Gasteiger partial charge in [0.15, 0.2) is 0 Å². The maximum atomic E-state index is 4.37. The minimum atomic E-state index is 0.185. The van der Waals surface area contributed by atoms with E-state index in [1.54, 1.807) is 0 Å². The van der Waals surface area contributed by atoms with Gasteiger partial charge in [0.1, 0.15) is 0 Å². The van der Waals surface area contributed by atoms with Crippen molar-refractivity contribution in [2.45, 2.75) is 19.3 Å². The number of fused-ring (bicyclic) bond motifs is 1. The Labute approximate surface area is 87.0 Å². The van der Waals surface area contributed by atoms with Gasteiger partial charge in [-0.25, -0.2) is 0 Å². The summed E-state index contributed by atoms with van der Waals surface area (Å²) in [6.07, 6.45) is 1.96. The van der Waals surface area contributed by atoms with Crippen molar-refractivity contribution < 1.29 is 0 Å². The van der Waals surface area contributed by atoms with Crippen LogP contribution in [0, 0.1) is 0 Å². The molecule has 0 N–H and O–H groups in total. The van der Waals surface area contributed by atoms with Crippen molar-refractivity contribution in [3.05, 3.63) is 33.8 Å². The number of halogens is 1. The predicted octanol–water partition coefficient (Wildman–Crippen LogP) is 3.16. The van der Waals surface area contributed by atoms with Crippen LogP contribution in [0.2, 0.25) is 0 Å². The zero-order valence-corrected chi connectivity index (χ0v) is 9.43. The first-order valence-corrected chi connectivity index (χ1v) is 5.19. The minimum Gasteiger partial charge on any atom is -0.292 e. The summed E-state index contributed by atoms with van der Waals surface area (Å²) in [5.74, 6) is 0. The van der Waals surface area contributed by atoms with Gasteiger partial charge in [-0.2, -0.15) is 0 Å². The van der Waals surface area contributed by atoms with Crippen LogP contribution in [0.25, 0.3) is 0 Å². The van der Waals surface area contributed by atoms with Crippen LogP contribution in [-0.4, -0.2) is 12.8 Å². The molecule has 0 aromatic heterocycles. The van der Waals surface area contributed by atoms with Gasteiger partial charge < -0.3 is 0 Å². The number of hydrogen-bond donors (Lipinski definition) is 0. The molecule has 0 radical (unpaired) electrons. The summed E-state index contributed by atoms with van der Waals surface area (Å²) in [5, 5.41) is 0. The normalized spacial score (nSPS) is 18.4. The van der Waals surface area contributed by atoms with Gasteiger partial charge in [0.2, 0.25) is 0 Å². The van der Waals surface area contributed by atoms with E-state index in [-0.39, 0.29) is 5.41 Å². The van der Waals surface area contributed by atoms with E-state index >= 15 is 0 Å². The Hall–Kier alpha value is -0.630. The number of aliphatic imine (C=N–C) groups is 1. The van der Waals surface area contributed by atoms with Crippen LogP contribution in [0.4, 0.5) is 0 Å². The molecule has 1 aromatic rings. The van der Waals surface area contributed by atoms with E-state index in [1.807, 2.05) is 6.21 Å². The summed E-state index contributed by atoms with van der Waals surface area (Å²) < 4.78 is 1.12. The highest BCUT2D eigenvalue weighted by molar-refractivity contribution is 9.10. The van der Waals surface area contributed by atoms with Gasteiger partial charge in [-0.3, -0.25) is 4.99 Å². The lowest BCUT2D eigenvalue weighted by atomic mass is 9.80. The van der Waals surface area contributed by atoms with Crippen molar-refractivity contribution in [1.29, 1.82) is 0 Å². The van der Waals surface area contributed by atoms with E-state index in [4.69, 9.17) is 0 Å². The second-order valence-corrected chi connectivity index (χ2v) is 5.00. The molecule has 0 saturated carbocycles. The number of hydrogen-bond acceptors (Lipinski definition) is 1. The molecule has 0 aliphatic carbocycles. The van der Waals surface area contributed by atoms with Gasteiger partial charge in [-0.15, -0.1) is 0 Å². The van der Waals surface area contributed by atoms with Crippen molar-refractivity contribution in [2.75, 3.05) is 6.54 Å². The number of benzene rings is 1. The Balaban J connectivity index is 2.61. The second-order valence-electron chi connectivity index (χ2n) is 4.09. The fourth-order valence-electron chi connectivity index (χ4n) is 1.71. The summed E-state index contributed by atoms with van der Waals surface area (Å²) >= 11 is 3.47. The van der Waals surface area contributed by atoms with Gasteiger partial charge in [0.05, 0.1) is 0 Å². The highest BCUT2D eigenvalue weighted by Crippen LogP contribution is 2.30. The number of rotatable bonds is 0. The molecule has 1 aromatic carbocycles. The summed E-state index contributed by atoms with van der Waals surface area (Å²) in [7, 11) is 0. The van der Waals surface area contributed by atoms with Crippen molar-refractivity contribution in [3.8, 4) is 0 Å². The minimum absolute atomic E-state index is 0.185. The van der Waals surface area contributed by atoms with E-state index in [2.05, 4.69) is 53.0 Å². The standard InChI is InChI=1S/C11H12BrN/c1-11(2)7-13-6-8-5-9(12)3-4-10(8)11/h3-6H,7H2,1-2H3. The lowest BCUT2D eigenvalue weighted by Crippen LogP contribution is -2.26. The Kier molecular flexibility index (Phi) is 2.03. The van der Waals surface area contributed by atoms with Gasteiger partial charge in [-0.05, 0) is 23.3 Å². The molecule has 0 bridgehead atoms. The van der Waals surface area contributed by atoms with E-state index in [1.165, 1.54) is 11.1 Å². The van der Waals surface area contributed by atoms with Crippen LogP contribution >= 0.6 is 15.9 Å². The lowest BCUT2D eigenvalue weighted by Gasteiger charge is -2.28. The van der Waals surface area contributed by atoms with Crippen LogP contribution < -0.4 is 0 Å². The molecule has 0 spiro atoms. The van der Waals surface area contributed by atoms with Gasteiger partial charge in [0, 0.05) is 22.6 Å². The molecule has 0 saturated heterocycles. The fourth-order valence-corrected chi connectivity index (χ4v) is 2.09. The second kappa shape index (κ2) is 2.95. The van der Waals surface area contributed by atoms with E-state index in [9.17, 15) is 0 Å². The molecule has 1 heterocycles. The molecular formula is C11H12BrN. The molecule has 13 heavy (non-hydrogen) atoms. The highest BCUT2D eigenvalue weighted by Gasteiger charge is 2.25. The smallest absolute Gasteiger partial charge is 0.0481 e. The van der Waals surface area contributed by atoms with Crippen molar-refractivity contribution >= 4 is 22.1 Å². The lowest BCUT2D eigenvalue weighted by molar-refractivity contribution is 0.534. The third-order valence-corrected chi connectivity index (χ3v) is 2.95. The summed E-state index contributed by atoms with van der Waals surface area (Å²) in [5.41, 5.74) is 2.82. The van der Waals surface area contributed by atoms with E-state index < -0.39 is 0 Å². The molecule has 2 heteroatoms. The van der Waals surface area contributed by atoms with Gasteiger partial charge in [0.25, 0.3) is 0 Å². The molecule has 0 amide bonds. The molecule has 0 atom stereocenters. The first kappa shape index (κ1) is 8.95. The molecule has 1 aliphatic heterocycles. The molecule has 68 valence electrons. The predicted molar refractivity (Wildman–Crippen MR) is 59.6 cm³/mol. The van der Waals surface area contributed by atoms with Crippen LogP contribution in [-0.2, 0) is 5.41 Å². The fraction of sp³-hybridized carbons (Fsp3) is 0.364. The van der Waals surface area contributed by atoms with Crippen LogP contribution in [0.3, 0.4) is 0 Å². The monoisotopic (exact) mass is 237 g/mol. The highest BCUT2D eigenvalue weighted by atomic mass is 79.9. The molecule has 2 rings (SSSR count). The van der Waals surface area contributed by atoms with E-state index in [0.717, 1.165) is 11.0 Å². The molecule has 0 fully saturated rings. The Morgan fingerprint density at radius 3 is 2.92 bits per heavy atom. The maximum absolute atomic E-state index is 4.37. The summed E-state index contributed by atoms with van der Waals surface area (Å²) in [6, 6.07) is 6.41. The first-order valence-electron chi connectivity index (χ1n) is 4.39. The maximum Gasteiger partial charge on any atom is 0.0481 e. The van der Waals surface area contributed by atoms with Gasteiger partial charge >= 0.3 is 0 Å². The average molecular weight is 238 g/mol. The SMILES string of the molecule is CC1(C)CN=Cc2cc(Br)ccc21. The summed E-state index contributed by atoms with van der Waals surface area (Å²) in [4.78, 5) is 4.37.